The van der Waals surface area contributed by atoms with Crippen LogP contribution in [0.1, 0.15) is 42.5 Å². The first kappa shape index (κ1) is 21.6. The Kier molecular flexibility index (Phi) is 6.13. The lowest BCUT2D eigenvalue weighted by atomic mass is 9.95. The molecule has 0 aliphatic heterocycles. The Hall–Kier alpha value is -3.20. The molecule has 0 atom stereocenters. The molecule has 2 heterocycles. The van der Waals surface area contributed by atoms with Gasteiger partial charge in [0.05, 0.1) is 22.3 Å². The van der Waals surface area contributed by atoms with Crippen LogP contribution in [0.5, 0.6) is 0 Å². The first-order valence-electron chi connectivity index (χ1n) is 11.1. The van der Waals surface area contributed by atoms with E-state index in [1.165, 1.54) is 30.3 Å². The van der Waals surface area contributed by atoms with Crippen LogP contribution in [-0.2, 0) is 11.3 Å². The Balaban J connectivity index is 1.40. The van der Waals surface area contributed by atoms with Crippen LogP contribution in [0.2, 0.25) is 0 Å². The Morgan fingerprint density at radius 3 is 2.52 bits per heavy atom. The van der Waals surface area contributed by atoms with Gasteiger partial charge in [-0.25, -0.2) is 4.39 Å². The molecular weight excluding hydrogens is 441 g/mol. The summed E-state index contributed by atoms with van der Waals surface area (Å²) >= 11 is 1.20. The maximum atomic E-state index is 14.0. The van der Waals surface area contributed by atoms with E-state index < -0.39 is 5.82 Å². The van der Waals surface area contributed by atoms with E-state index in [1.54, 1.807) is 12.1 Å². The van der Waals surface area contributed by atoms with Gasteiger partial charge in [-0.1, -0.05) is 55.3 Å². The van der Waals surface area contributed by atoms with Crippen LogP contribution < -0.4 is 5.32 Å². The highest BCUT2D eigenvalue weighted by molar-refractivity contribution is 7.99. The molecule has 1 saturated carbocycles. The average molecular weight is 466 g/mol. The lowest BCUT2D eigenvalue weighted by Gasteiger charge is -2.22. The van der Waals surface area contributed by atoms with E-state index in [-0.39, 0.29) is 35.6 Å². The molecule has 1 aliphatic carbocycles. The Labute approximate surface area is 194 Å². The number of nitrogens with one attached hydrogen (secondary N) is 1. The van der Waals surface area contributed by atoms with Gasteiger partial charge < -0.3 is 5.32 Å². The molecule has 33 heavy (non-hydrogen) atoms. The number of imidazole rings is 1. The summed E-state index contributed by atoms with van der Waals surface area (Å²) in [5.74, 6) is -0.322. The van der Waals surface area contributed by atoms with Gasteiger partial charge in [0.25, 0.3) is 0 Å². The molecule has 170 valence electrons. The molecule has 1 aliphatic rings. The number of amides is 1. The van der Waals surface area contributed by atoms with Gasteiger partial charge in [-0.15, -0.1) is 10.2 Å². The highest BCUT2D eigenvalue weighted by Crippen LogP contribution is 2.27. The van der Waals surface area contributed by atoms with E-state index >= 15 is 0 Å². The number of carbonyl (C=O) groups excluding carboxylic acids is 2. The second-order valence-corrected chi connectivity index (χ2v) is 9.23. The van der Waals surface area contributed by atoms with Gasteiger partial charge in [0.1, 0.15) is 12.4 Å². The van der Waals surface area contributed by atoms with Crippen LogP contribution >= 0.6 is 11.8 Å². The number of halogens is 1. The van der Waals surface area contributed by atoms with Crippen LogP contribution in [0.4, 0.5) is 4.39 Å². The Morgan fingerprint density at radius 1 is 1.00 bits per heavy atom. The number of hydrogen-bond acceptors (Lipinski definition) is 5. The van der Waals surface area contributed by atoms with Crippen LogP contribution in [0, 0.1) is 5.82 Å². The number of fused-ring (bicyclic) bond motifs is 3. The molecule has 0 bridgehead atoms. The van der Waals surface area contributed by atoms with Crippen molar-refractivity contribution in [1.29, 1.82) is 0 Å². The summed E-state index contributed by atoms with van der Waals surface area (Å²) in [6.45, 7) is 0.143. The summed E-state index contributed by atoms with van der Waals surface area (Å²) in [5.41, 5.74) is 1.78. The fourth-order valence-corrected chi connectivity index (χ4v) is 5.27. The number of thioether (sulfide) groups is 1. The largest absolute Gasteiger partial charge is 0.352 e. The number of para-hydroxylation sites is 2. The van der Waals surface area contributed by atoms with E-state index in [0.29, 0.717) is 10.9 Å². The van der Waals surface area contributed by atoms with Gasteiger partial charge in [-0.3, -0.25) is 18.6 Å². The molecule has 7 nitrogen and oxygen atoms in total. The zero-order valence-electron chi connectivity index (χ0n) is 18.0. The molecule has 2 aromatic heterocycles. The van der Waals surface area contributed by atoms with Crippen molar-refractivity contribution in [2.24, 2.45) is 0 Å². The van der Waals surface area contributed by atoms with Gasteiger partial charge >= 0.3 is 0 Å². The maximum absolute atomic E-state index is 14.0. The standard InChI is InChI=1S/C24H24FN5O2S/c25-18-11-5-4-10-17(18)21(31)15-33-24-28-27-23-29(19-12-6-7-13-20(19)30(23)24)14-22(32)26-16-8-2-1-3-9-16/h4-7,10-13,16H,1-3,8-9,14-15H2,(H,26,32). The predicted molar refractivity (Wildman–Crippen MR) is 125 cm³/mol. The van der Waals surface area contributed by atoms with Gasteiger partial charge in [0, 0.05) is 6.04 Å². The fourth-order valence-electron chi connectivity index (χ4n) is 4.45. The van der Waals surface area contributed by atoms with Crippen molar-refractivity contribution in [2.45, 2.75) is 49.8 Å². The SMILES string of the molecule is O=C(Cn1c2ccccc2n2c(SCC(=O)c3ccccc3F)nnc12)NC1CCCCC1. The van der Waals surface area contributed by atoms with Crippen LogP contribution in [0.3, 0.4) is 0 Å². The third kappa shape index (κ3) is 4.37. The quantitative estimate of drug-likeness (QED) is 0.326. The molecule has 0 radical (unpaired) electrons. The lowest BCUT2D eigenvalue weighted by molar-refractivity contribution is -0.122. The highest BCUT2D eigenvalue weighted by Gasteiger charge is 2.21. The van der Waals surface area contributed by atoms with Crippen molar-refractivity contribution in [3.05, 3.63) is 59.9 Å². The number of hydrogen-bond donors (Lipinski definition) is 1. The number of ketones is 1. The minimum Gasteiger partial charge on any atom is -0.352 e. The second kappa shape index (κ2) is 9.35. The fraction of sp³-hybridized carbons (Fsp3) is 0.333. The van der Waals surface area contributed by atoms with Crippen LogP contribution in [0.25, 0.3) is 16.8 Å². The van der Waals surface area contributed by atoms with Crippen molar-refractivity contribution in [2.75, 3.05) is 5.75 Å². The molecule has 1 N–H and O–H groups in total. The molecular formula is C24H24FN5O2S. The third-order valence-electron chi connectivity index (χ3n) is 6.05. The number of benzene rings is 2. The van der Waals surface area contributed by atoms with Crippen molar-refractivity contribution in [1.82, 2.24) is 24.5 Å². The number of aromatic nitrogens is 4. The Morgan fingerprint density at radius 2 is 1.73 bits per heavy atom. The molecule has 1 fully saturated rings. The zero-order valence-corrected chi connectivity index (χ0v) is 18.9. The molecule has 0 saturated heterocycles. The number of Topliss-reactive ketones (excluding diaryl/α,β-unsaturated/α-hetero) is 1. The summed E-state index contributed by atoms with van der Waals surface area (Å²) in [4.78, 5) is 25.3. The first-order valence-corrected chi connectivity index (χ1v) is 12.1. The van der Waals surface area contributed by atoms with Crippen molar-refractivity contribution < 1.29 is 14.0 Å². The first-order chi connectivity index (χ1) is 16.1. The predicted octanol–water partition coefficient (Wildman–Crippen LogP) is 4.25. The maximum Gasteiger partial charge on any atom is 0.240 e. The van der Waals surface area contributed by atoms with Crippen LogP contribution in [-0.4, -0.2) is 42.7 Å². The molecule has 0 spiro atoms. The lowest BCUT2D eigenvalue weighted by Crippen LogP contribution is -2.38. The smallest absolute Gasteiger partial charge is 0.240 e. The molecule has 0 unspecified atom stereocenters. The normalized spacial score (nSPS) is 14.7. The molecule has 1 amide bonds. The summed E-state index contributed by atoms with van der Waals surface area (Å²) < 4.78 is 17.7. The van der Waals surface area contributed by atoms with Crippen molar-refractivity contribution >= 4 is 40.3 Å². The van der Waals surface area contributed by atoms with Crippen molar-refractivity contribution in [3.8, 4) is 0 Å². The topological polar surface area (TPSA) is 81.3 Å². The van der Waals surface area contributed by atoms with Gasteiger partial charge in [-0.05, 0) is 37.1 Å². The number of rotatable bonds is 7. The van der Waals surface area contributed by atoms with E-state index in [1.807, 2.05) is 33.2 Å². The third-order valence-corrected chi connectivity index (χ3v) is 6.98. The van der Waals surface area contributed by atoms with Gasteiger partial charge in [0.15, 0.2) is 10.9 Å². The second-order valence-electron chi connectivity index (χ2n) is 8.29. The zero-order chi connectivity index (χ0) is 22.8. The summed E-state index contributed by atoms with van der Waals surface area (Å²) in [5, 5.41) is 12.2. The number of nitrogens with zero attached hydrogens (tertiary/aromatic N) is 4. The summed E-state index contributed by atoms with van der Waals surface area (Å²) in [6, 6.07) is 13.9. The van der Waals surface area contributed by atoms with E-state index in [2.05, 4.69) is 15.5 Å². The average Bonchev–Trinajstić information content (AvgIpc) is 3.38. The highest BCUT2D eigenvalue weighted by atomic mass is 32.2. The minimum absolute atomic E-state index is 0.0312. The number of carbonyl (C=O) groups is 2. The molecule has 2 aromatic carbocycles. The molecule has 9 heteroatoms. The van der Waals surface area contributed by atoms with E-state index in [9.17, 15) is 14.0 Å². The van der Waals surface area contributed by atoms with E-state index in [4.69, 9.17) is 0 Å². The van der Waals surface area contributed by atoms with Gasteiger partial charge in [-0.2, -0.15) is 0 Å². The summed E-state index contributed by atoms with van der Waals surface area (Å²) in [7, 11) is 0. The van der Waals surface area contributed by atoms with Crippen molar-refractivity contribution in [3.63, 3.8) is 0 Å². The Bertz CT molecular complexity index is 1330. The van der Waals surface area contributed by atoms with Crippen LogP contribution in [0.15, 0.2) is 53.7 Å². The molecule has 4 aromatic rings. The van der Waals surface area contributed by atoms with E-state index in [0.717, 1.165) is 36.7 Å². The monoisotopic (exact) mass is 465 g/mol. The van der Waals surface area contributed by atoms with Gasteiger partial charge in [0.2, 0.25) is 11.7 Å². The molecule has 5 rings (SSSR count). The minimum atomic E-state index is -0.532. The summed E-state index contributed by atoms with van der Waals surface area (Å²) in [6.07, 6.45) is 5.58.